The third-order valence-electron chi connectivity index (χ3n) is 2.50. The van der Waals surface area contributed by atoms with Crippen molar-refractivity contribution in [2.45, 2.75) is 13.5 Å². The standard InChI is InChI=1S/C13H13BrN2OS/c1-8-2-4-10(17-8)7-16-12-6-9(14)3-5-11(12)13(15)18/h2-6,16H,7H2,1H3,(H2,15,18). The van der Waals surface area contributed by atoms with Crippen LogP contribution in [0.2, 0.25) is 0 Å². The number of rotatable bonds is 4. The first-order chi connectivity index (χ1) is 8.56. The van der Waals surface area contributed by atoms with Gasteiger partial charge in [0.25, 0.3) is 0 Å². The molecule has 0 saturated carbocycles. The van der Waals surface area contributed by atoms with Gasteiger partial charge in [-0.15, -0.1) is 0 Å². The topological polar surface area (TPSA) is 51.2 Å². The van der Waals surface area contributed by atoms with E-state index in [4.69, 9.17) is 22.4 Å². The monoisotopic (exact) mass is 324 g/mol. The van der Waals surface area contributed by atoms with E-state index in [0.29, 0.717) is 11.5 Å². The summed E-state index contributed by atoms with van der Waals surface area (Å²) in [5, 5.41) is 3.27. The predicted octanol–water partition coefficient (Wildman–Crippen LogP) is 3.60. The van der Waals surface area contributed by atoms with Crippen LogP contribution in [0.25, 0.3) is 0 Å². The minimum atomic E-state index is 0.376. The van der Waals surface area contributed by atoms with Gasteiger partial charge >= 0.3 is 0 Å². The van der Waals surface area contributed by atoms with Crippen molar-refractivity contribution in [1.29, 1.82) is 0 Å². The maximum atomic E-state index is 5.69. The van der Waals surface area contributed by atoms with Crippen LogP contribution in [0, 0.1) is 6.92 Å². The molecule has 94 valence electrons. The van der Waals surface area contributed by atoms with Gasteiger partial charge in [-0.25, -0.2) is 0 Å². The minimum absolute atomic E-state index is 0.376. The van der Waals surface area contributed by atoms with E-state index in [9.17, 15) is 0 Å². The number of nitrogens with one attached hydrogen (secondary N) is 1. The molecule has 0 atom stereocenters. The van der Waals surface area contributed by atoms with E-state index in [1.165, 1.54) is 0 Å². The Morgan fingerprint density at radius 2 is 2.17 bits per heavy atom. The molecule has 18 heavy (non-hydrogen) atoms. The van der Waals surface area contributed by atoms with Crippen LogP contribution in [-0.4, -0.2) is 4.99 Å². The van der Waals surface area contributed by atoms with Crippen LogP contribution in [0.15, 0.2) is 39.2 Å². The van der Waals surface area contributed by atoms with Gasteiger partial charge in [-0.05, 0) is 37.3 Å². The van der Waals surface area contributed by atoms with Gasteiger partial charge in [0.2, 0.25) is 0 Å². The molecule has 0 amide bonds. The lowest BCUT2D eigenvalue weighted by molar-refractivity contribution is 0.490. The Morgan fingerprint density at radius 1 is 1.39 bits per heavy atom. The van der Waals surface area contributed by atoms with E-state index in [0.717, 1.165) is 27.2 Å². The Labute approximate surface area is 119 Å². The third kappa shape index (κ3) is 3.11. The Bertz CT molecular complexity index is 580. The van der Waals surface area contributed by atoms with Crippen molar-refractivity contribution in [3.05, 3.63) is 51.9 Å². The van der Waals surface area contributed by atoms with E-state index in [2.05, 4.69) is 21.2 Å². The Morgan fingerprint density at radius 3 is 2.78 bits per heavy atom. The van der Waals surface area contributed by atoms with Crippen molar-refractivity contribution in [1.82, 2.24) is 0 Å². The quantitative estimate of drug-likeness (QED) is 0.844. The summed E-state index contributed by atoms with van der Waals surface area (Å²) in [4.78, 5) is 0.376. The molecule has 3 nitrogen and oxygen atoms in total. The molecule has 0 aliphatic carbocycles. The molecular formula is C13H13BrN2OS. The van der Waals surface area contributed by atoms with Gasteiger partial charge in [-0.1, -0.05) is 28.1 Å². The third-order valence-corrected chi connectivity index (χ3v) is 3.21. The summed E-state index contributed by atoms with van der Waals surface area (Å²) >= 11 is 8.46. The fourth-order valence-corrected chi connectivity index (χ4v) is 2.18. The van der Waals surface area contributed by atoms with Crippen LogP contribution in [-0.2, 0) is 6.54 Å². The first kappa shape index (κ1) is 13.1. The molecule has 0 aliphatic heterocycles. The highest BCUT2D eigenvalue weighted by atomic mass is 79.9. The lowest BCUT2D eigenvalue weighted by Gasteiger charge is -2.10. The first-order valence-electron chi connectivity index (χ1n) is 5.45. The van der Waals surface area contributed by atoms with E-state index in [1.54, 1.807) is 0 Å². The molecule has 3 N–H and O–H groups in total. The highest BCUT2D eigenvalue weighted by Crippen LogP contribution is 2.22. The first-order valence-corrected chi connectivity index (χ1v) is 6.65. The maximum absolute atomic E-state index is 5.69. The molecule has 0 radical (unpaired) electrons. The minimum Gasteiger partial charge on any atom is -0.465 e. The van der Waals surface area contributed by atoms with Crippen molar-refractivity contribution in [3.8, 4) is 0 Å². The summed E-state index contributed by atoms with van der Waals surface area (Å²) in [7, 11) is 0. The van der Waals surface area contributed by atoms with Crippen molar-refractivity contribution < 1.29 is 4.42 Å². The number of benzene rings is 1. The number of halogens is 1. The molecular weight excluding hydrogens is 312 g/mol. The summed E-state index contributed by atoms with van der Waals surface area (Å²) in [5.41, 5.74) is 7.41. The second-order valence-electron chi connectivity index (χ2n) is 3.92. The van der Waals surface area contributed by atoms with Crippen molar-refractivity contribution >= 4 is 38.8 Å². The number of furan rings is 1. The van der Waals surface area contributed by atoms with Gasteiger partial charge in [0.1, 0.15) is 16.5 Å². The van der Waals surface area contributed by atoms with Gasteiger partial charge < -0.3 is 15.5 Å². The fraction of sp³-hybridized carbons (Fsp3) is 0.154. The Kier molecular flexibility index (Phi) is 4.04. The predicted molar refractivity (Wildman–Crippen MR) is 80.8 cm³/mol. The molecule has 0 fully saturated rings. The zero-order valence-corrected chi connectivity index (χ0v) is 12.3. The smallest absolute Gasteiger partial charge is 0.123 e. The average Bonchev–Trinajstić information content (AvgIpc) is 2.72. The molecule has 5 heteroatoms. The second-order valence-corrected chi connectivity index (χ2v) is 5.28. The highest BCUT2D eigenvalue weighted by Gasteiger charge is 2.06. The summed E-state index contributed by atoms with van der Waals surface area (Å²) < 4.78 is 6.47. The molecule has 2 aromatic rings. The average molecular weight is 325 g/mol. The SMILES string of the molecule is Cc1ccc(CNc2cc(Br)ccc2C(N)=S)o1. The van der Waals surface area contributed by atoms with Crippen molar-refractivity contribution in [3.63, 3.8) is 0 Å². The molecule has 0 aliphatic rings. The van der Waals surface area contributed by atoms with Gasteiger partial charge in [0.05, 0.1) is 6.54 Å². The van der Waals surface area contributed by atoms with Crippen LogP contribution >= 0.6 is 28.1 Å². The summed E-state index contributed by atoms with van der Waals surface area (Å²) in [6.07, 6.45) is 0. The number of anilines is 1. The molecule has 0 bridgehead atoms. The fourth-order valence-electron chi connectivity index (χ4n) is 1.64. The normalized spacial score (nSPS) is 10.3. The van der Waals surface area contributed by atoms with Crippen molar-refractivity contribution in [2.75, 3.05) is 5.32 Å². The van der Waals surface area contributed by atoms with Gasteiger partial charge in [-0.3, -0.25) is 0 Å². The largest absolute Gasteiger partial charge is 0.465 e. The summed E-state index contributed by atoms with van der Waals surface area (Å²) in [6, 6.07) is 9.64. The summed E-state index contributed by atoms with van der Waals surface area (Å²) in [5.74, 6) is 1.77. The van der Waals surface area contributed by atoms with Gasteiger partial charge in [0, 0.05) is 15.7 Å². The molecule has 0 saturated heterocycles. The van der Waals surface area contributed by atoms with Gasteiger partial charge in [0.15, 0.2) is 0 Å². The lowest BCUT2D eigenvalue weighted by atomic mass is 10.2. The second kappa shape index (κ2) is 5.54. The lowest BCUT2D eigenvalue weighted by Crippen LogP contribution is -2.13. The van der Waals surface area contributed by atoms with Crippen LogP contribution < -0.4 is 11.1 Å². The zero-order chi connectivity index (χ0) is 13.1. The molecule has 0 spiro atoms. The van der Waals surface area contributed by atoms with Crippen LogP contribution in [0.1, 0.15) is 17.1 Å². The number of thiocarbonyl (C=S) groups is 1. The number of nitrogens with two attached hydrogens (primary N) is 1. The highest BCUT2D eigenvalue weighted by molar-refractivity contribution is 9.10. The van der Waals surface area contributed by atoms with Crippen molar-refractivity contribution in [2.24, 2.45) is 5.73 Å². The molecule has 1 aromatic carbocycles. The van der Waals surface area contributed by atoms with E-state index < -0.39 is 0 Å². The van der Waals surface area contributed by atoms with E-state index >= 15 is 0 Å². The number of hydrogen-bond acceptors (Lipinski definition) is 3. The number of aryl methyl sites for hydroxylation is 1. The van der Waals surface area contributed by atoms with Crippen LogP contribution in [0.5, 0.6) is 0 Å². The van der Waals surface area contributed by atoms with E-state index in [1.807, 2.05) is 37.3 Å². The summed E-state index contributed by atoms with van der Waals surface area (Å²) in [6.45, 7) is 2.52. The van der Waals surface area contributed by atoms with E-state index in [-0.39, 0.29) is 0 Å². The maximum Gasteiger partial charge on any atom is 0.123 e. The zero-order valence-electron chi connectivity index (χ0n) is 9.87. The molecule has 0 unspecified atom stereocenters. The molecule has 1 heterocycles. The molecule has 2 rings (SSSR count). The van der Waals surface area contributed by atoms with Gasteiger partial charge in [-0.2, -0.15) is 0 Å². The number of hydrogen-bond donors (Lipinski definition) is 2. The van der Waals surface area contributed by atoms with Crippen LogP contribution in [0.4, 0.5) is 5.69 Å². The Hall–Kier alpha value is -1.33. The van der Waals surface area contributed by atoms with Crippen LogP contribution in [0.3, 0.4) is 0 Å². The Balaban J connectivity index is 2.17. The molecule has 1 aromatic heterocycles.